The lowest BCUT2D eigenvalue weighted by Gasteiger charge is -2.27. The number of piperazine rings is 1. The Balaban J connectivity index is 1.94. The van der Waals surface area contributed by atoms with Crippen LogP contribution in [0.1, 0.15) is 10.4 Å². The van der Waals surface area contributed by atoms with E-state index in [-0.39, 0.29) is 5.91 Å². The van der Waals surface area contributed by atoms with Crippen LogP contribution >= 0.6 is 0 Å². The Morgan fingerprint density at radius 2 is 1.96 bits per heavy atom. The van der Waals surface area contributed by atoms with Crippen LogP contribution in [-0.4, -0.2) is 48.5 Å². The van der Waals surface area contributed by atoms with Gasteiger partial charge in [0.15, 0.2) is 0 Å². The van der Waals surface area contributed by atoms with E-state index in [1.165, 1.54) is 0 Å². The summed E-state index contributed by atoms with van der Waals surface area (Å²) in [4.78, 5) is 15.0. The molecule has 1 aromatic carbocycles. The molecule has 118 valence electrons. The lowest BCUT2D eigenvalue weighted by Crippen LogP contribution is -2.46. The topological polar surface area (TPSA) is 46.0 Å². The number of hydrogen-bond donors (Lipinski definition) is 1. The summed E-state index contributed by atoms with van der Waals surface area (Å²) in [6, 6.07) is 11.8. The van der Waals surface area contributed by atoms with Crippen LogP contribution < -0.4 is 10.1 Å². The molecule has 1 aliphatic heterocycles. The van der Waals surface area contributed by atoms with Crippen molar-refractivity contribution in [3.05, 3.63) is 48.2 Å². The molecule has 3 heterocycles. The molecule has 2 aromatic heterocycles. The number of carbonyl (C=O) groups is 1. The summed E-state index contributed by atoms with van der Waals surface area (Å²) in [5.74, 6) is 0.900. The number of carbonyl (C=O) groups excluding carboxylic acids is 1. The summed E-state index contributed by atoms with van der Waals surface area (Å²) >= 11 is 0. The highest BCUT2D eigenvalue weighted by Gasteiger charge is 2.24. The van der Waals surface area contributed by atoms with Gasteiger partial charge in [0.25, 0.3) is 5.91 Å². The highest BCUT2D eigenvalue weighted by molar-refractivity contribution is 6.14. The minimum Gasteiger partial charge on any atom is -0.497 e. The van der Waals surface area contributed by atoms with Crippen molar-refractivity contribution >= 4 is 22.3 Å². The lowest BCUT2D eigenvalue weighted by atomic mass is 10.1. The summed E-state index contributed by atoms with van der Waals surface area (Å²) in [5.41, 5.74) is 2.72. The Morgan fingerprint density at radius 3 is 2.74 bits per heavy atom. The molecular formula is C18H19N3O2. The first-order valence-corrected chi connectivity index (χ1v) is 7.86. The van der Waals surface area contributed by atoms with E-state index in [1.807, 2.05) is 47.5 Å². The van der Waals surface area contributed by atoms with Crippen LogP contribution in [0.3, 0.4) is 0 Å². The van der Waals surface area contributed by atoms with Crippen molar-refractivity contribution in [2.24, 2.45) is 0 Å². The zero-order chi connectivity index (χ0) is 15.8. The zero-order valence-corrected chi connectivity index (χ0v) is 13.1. The molecule has 0 saturated carbocycles. The quantitative estimate of drug-likeness (QED) is 0.789. The molecule has 4 rings (SSSR count). The molecule has 1 N–H and O–H groups in total. The molecule has 5 nitrogen and oxygen atoms in total. The monoisotopic (exact) mass is 309 g/mol. The number of ether oxygens (including phenoxy) is 1. The molecule has 1 fully saturated rings. The molecule has 23 heavy (non-hydrogen) atoms. The summed E-state index contributed by atoms with van der Waals surface area (Å²) in [5, 5.41) is 4.26. The van der Waals surface area contributed by atoms with Gasteiger partial charge in [-0.25, -0.2) is 0 Å². The highest BCUT2D eigenvalue weighted by Crippen LogP contribution is 2.30. The highest BCUT2D eigenvalue weighted by atomic mass is 16.5. The van der Waals surface area contributed by atoms with Crippen LogP contribution in [0.4, 0.5) is 0 Å². The van der Waals surface area contributed by atoms with Crippen molar-refractivity contribution in [3.63, 3.8) is 0 Å². The molecule has 0 bridgehead atoms. The predicted molar refractivity (Wildman–Crippen MR) is 90.2 cm³/mol. The van der Waals surface area contributed by atoms with Gasteiger partial charge in [-0.1, -0.05) is 6.07 Å². The Bertz CT molecular complexity index is 878. The Kier molecular flexibility index (Phi) is 3.42. The average Bonchev–Trinajstić information content (AvgIpc) is 2.95. The largest absolute Gasteiger partial charge is 0.497 e. The Labute approximate surface area is 134 Å². The maximum Gasteiger partial charge on any atom is 0.256 e. The first-order chi connectivity index (χ1) is 11.3. The number of hydrogen-bond acceptors (Lipinski definition) is 3. The second-order valence-corrected chi connectivity index (χ2v) is 5.76. The number of pyridine rings is 1. The van der Waals surface area contributed by atoms with E-state index in [0.717, 1.165) is 53.9 Å². The van der Waals surface area contributed by atoms with E-state index in [1.54, 1.807) is 7.11 Å². The van der Waals surface area contributed by atoms with Crippen LogP contribution in [0, 0.1) is 0 Å². The Morgan fingerprint density at radius 1 is 1.13 bits per heavy atom. The first-order valence-electron chi connectivity index (χ1n) is 7.86. The minimum atomic E-state index is 0.107. The van der Waals surface area contributed by atoms with E-state index in [9.17, 15) is 4.79 Å². The maximum atomic E-state index is 13.1. The van der Waals surface area contributed by atoms with Crippen molar-refractivity contribution in [2.75, 3.05) is 33.3 Å². The van der Waals surface area contributed by atoms with E-state index < -0.39 is 0 Å². The number of fused-ring (bicyclic) bond motifs is 3. The average molecular weight is 309 g/mol. The van der Waals surface area contributed by atoms with E-state index >= 15 is 0 Å². The number of aromatic nitrogens is 1. The molecule has 0 aliphatic carbocycles. The van der Waals surface area contributed by atoms with Gasteiger partial charge in [0.1, 0.15) is 5.75 Å². The number of rotatable bonds is 2. The number of nitrogens with one attached hydrogen (secondary N) is 1. The van der Waals surface area contributed by atoms with Crippen molar-refractivity contribution < 1.29 is 9.53 Å². The predicted octanol–water partition coefficient (Wildman–Crippen LogP) is 2.15. The minimum absolute atomic E-state index is 0.107. The van der Waals surface area contributed by atoms with Gasteiger partial charge in [-0.05, 0) is 24.3 Å². The summed E-state index contributed by atoms with van der Waals surface area (Å²) in [7, 11) is 1.66. The van der Waals surface area contributed by atoms with Gasteiger partial charge in [0, 0.05) is 43.8 Å². The van der Waals surface area contributed by atoms with Gasteiger partial charge in [0.2, 0.25) is 0 Å². The summed E-state index contributed by atoms with van der Waals surface area (Å²) < 4.78 is 7.40. The van der Waals surface area contributed by atoms with Gasteiger partial charge in [-0.3, -0.25) is 4.79 Å². The third-order valence-corrected chi connectivity index (χ3v) is 4.47. The lowest BCUT2D eigenvalue weighted by molar-refractivity contribution is 0.0739. The van der Waals surface area contributed by atoms with Crippen LogP contribution in [0.25, 0.3) is 16.4 Å². The molecular weight excluding hydrogens is 290 g/mol. The second kappa shape index (κ2) is 5.59. The smallest absolute Gasteiger partial charge is 0.256 e. The van der Waals surface area contributed by atoms with Crippen LogP contribution in [0.2, 0.25) is 0 Å². The SMILES string of the molecule is COc1ccc2c(C(=O)N3CCNCC3)c3ccccn3c2c1. The summed E-state index contributed by atoms with van der Waals surface area (Å²) in [6.07, 6.45) is 1.99. The number of methoxy groups -OCH3 is 1. The number of amides is 1. The molecule has 0 radical (unpaired) electrons. The van der Waals surface area contributed by atoms with Gasteiger partial charge < -0.3 is 19.4 Å². The maximum absolute atomic E-state index is 13.1. The van der Waals surface area contributed by atoms with Crippen LogP contribution in [-0.2, 0) is 0 Å². The third kappa shape index (κ3) is 2.24. The van der Waals surface area contributed by atoms with E-state index in [4.69, 9.17) is 4.74 Å². The van der Waals surface area contributed by atoms with Gasteiger partial charge in [-0.15, -0.1) is 0 Å². The first kappa shape index (κ1) is 14.1. The van der Waals surface area contributed by atoms with Gasteiger partial charge >= 0.3 is 0 Å². The Hall–Kier alpha value is -2.53. The molecule has 5 heteroatoms. The van der Waals surface area contributed by atoms with Crippen molar-refractivity contribution in [3.8, 4) is 5.75 Å². The zero-order valence-electron chi connectivity index (χ0n) is 13.1. The van der Waals surface area contributed by atoms with E-state index in [0.29, 0.717) is 0 Å². The fraction of sp³-hybridized carbons (Fsp3) is 0.278. The second-order valence-electron chi connectivity index (χ2n) is 5.76. The molecule has 0 atom stereocenters. The van der Waals surface area contributed by atoms with Crippen molar-refractivity contribution in [1.29, 1.82) is 0 Å². The molecule has 1 saturated heterocycles. The standard InChI is InChI=1S/C18H19N3O2/c1-23-13-5-6-14-16(12-13)21-9-3-2-4-15(21)17(14)18(22)20-10-7-19-8-11-20/h2-6,9,12,19H,7-8,10-11H2,1H3. The van der Waals surface area contributed by atoms with Crippen molar-refractivity contribution in [1.82, 2.24) is 14.6 Å². The molecule has 3 aromatic rings. The van der Waals surface area contributed by atoms with Crippen molar-refractivity contribution in [2.45, 2.75) is 0 Å². The van der Waals surface area contributed by atoms with Gasteiger partial charge in [0.05, 0.1) is 23.7 Å². The fourth-order valence-corrected chi connectivity index (χ4v) is 3.29. The number of nitrogens with zero attached hydrogens (tertiary/aromatic N) is 2. The number of benzene rings is 1. The van der Waals surface area contributed by atoms with Crippen LogP contribution in [0.15, 0.2) is 42.6 Å². The van der Waals surface area contributed by atoms with E-state index in [2.05, 4.69) is 9.72 Å². The fourth-order valence-electron chi connectivity index (χ4n) is 3.29. The third-order valence-electron chi connectivity index (χ3n) is 4.47. The molecule has 1 aliphatic rings. The molecule has 0 spiro atoms. The van der Waals surface area contributed by atoms with Gasteiger partial charge in [-0.2, -0.15) is 0 Å². The molecule has 0 unspecified atom stereocenters. The summed E-state index contributed by atoms with van der Waals surface area (Å²) in [6.45, 7) is 3.20. The normalized spacial score (nSPS) is 15.3. The van der Waals surface area contributed by atoms with Crippen LogP contribution in [0.5, 0.6) is 5.75 Å². The molecule has 1 amide bonds.